The first kappa shape index (κ1) is 16.3. The molecule has 0 atom stereocenters. The third-order valence-electron chi connectivity index (χ3n) is 2.97. The SMILES string of the molecule is Cc1cc(C)c(S)c(-n2cc[n+](CC(C)C)c2)c1.[Br-]. The van der Waals surface area contributed by atoms with Gasteiger partial charge in [0, 0.05) is 0 Å². The van der Waals surface area contributed by atoms with Crippen molar-refractivity contribution in [1.82, 2.24) is 4.57 Å². The Kier molecular flexibility index (Phi) is 5.68. The van der Waals surface area contributed by atoms with Gasteiger partial charge >= 0.3 is 0 Å². The molecule has 0 N–H and O–H groups in total. The topological polar surface area (TPSA) is 8.81 Å². The van der Waals surface area contributed by atoms with E-state index in [0.717, 1.165) is 17.1 Å². The molecule has 104 valence electrons. The van der Waals surface area contributed by atoms with Crippen molar-refractivity contribution in [2.24, 2.45) is 5.92 Å². The second kappa shape index (κ2) is 6.62. The molecule has 0 radical (unpaired) electrons. The first-order valence-corrected chi connectivity index (χ1v) is 6.79. The summed E-state index contributed by atoms with van der Waals surface area (Å²) in [5, 5.41) is 0. The van der Waals surface area contributed by atoms with Crippen molar-refractivity contribution in [2.45, 2.75) is 39.1 Å². The molecule has 0 saturated carbocycles. The van der Waals surface area contributed by atoms with E-state index in [0.29, 0.717) is 5.92 Å². The highest BCUT2D eigenvalue weighted by Gasteiger charge is 2.12. The quantitative estimate of drug-likeness (QED) is 0.609. The zero-order valence-corrected chi connectivity index (χ0v) is 14.4. The zero-order valence-electron chi connectivity index (χ0n) is 11.9. The van der Waals surface area contributed by atoms with Crippen LogP contribution in [0.25, 0.3) is 5.69 Å². The summed E-state index contributed by atoms with van der Waals surface area (Å²) in [6.07, 6.45) is 6.34. The predicted octanol–water partition coefficient (Wildman–Crippen LogP) is 0.330. The molecule has 1 aromatic heterocycles. The lowest BCUT2D eigenvalue weighted by Gasteiger charge is -2.06. The second-order valence-electron chi connectivity index (χ2n) is 5.36. The van der Waals surface area contributed by atoms with Gasteiger partial charge in [0.1, 0.15) is 18.1 Å². The molecular formula is C15H21BrN2S. The van der Waals surface area contributed by atoms with Crippen LogP contribution in [-0.4, -0.2) is 4.57 Å². The number of rotatable bonds is 3. The highest BCUT2D eigenvalue weighted by molar-refractivity contribution is 7.80. The fourth-order valence-electron chi connectivity index (χ4n) is 2.20. The number of imidazole rings is 1. The van der Waals surface area contributed by atoms with Gasteiger partial charge in [-0.05, 0) is 37.0 Å². The summed E-state index contributed by atoms with van der Waals surface area (Å²) in [4.78, 5) is 1.05. The highest BCUT2D eigenvalue weighted by Crippen LogP contribution is 2.23. The van der Waals surface area contributed by atoms with E-state index in [2.05, 4.69) is 80.3 Å². The van der Waals surface area contributed by atoms with Gasteiger partial charge in [-0.15, -0.1) is 12.6 Å². The Morgan fingerprint density at radius 3 is 2.58 bits per heavy atom. The number of aryl methyl sites for hydroxylation is 2. The second-order valence-corrected chi connectivity index (χ2v) is 5.81. The van der Waals surface area contributed by atoms with Gasteiger partial charge in [0.25, 0.3) is 0 Å². The largest absolute Gasteiger partial charge is 1.00 e. The van der Waals surface area contributed by atoms with Crippen molar-refractivity contribution in [2.75, 3.05) is 0 Å². The smallest absolute Gasteiger partial charge is 0.249 e. The van der Waals surface area contributed by atoms with Crippen molar-refractivity contribution in [1.29, 1.82) is 0 Å². The van der Waals surface area contributed by atoms with Crippen molar-refractivity contribution in [3.63, 3.8) is 0 Å². The van der Waals surface area contributed by atoms with Gasteiger partial charge in [0.15, 0.2) is 0 Å². The van der Waals surface area contributed by atoms with Gasteiger partial charge in [0.05, 0.1) is 11.4 Å². The maximum atomic E-state index is 4.62. The molecule has 19 heavy (non-hydrogen) atoms. The van der Waals surface area contributed by atoms with Gasteiger partial charge in [-0.25, -0.2) is 9.13 Å². The van der Waals surface area contributed by atoms with Crippen LogP contribution in [0.2, 0.25) is 0 Å². The van der Waals surface area contributed by atoms with Crippen molar-refractivity contribution in [3.8, 4) is 5.69 Å². The van der Waals surface area contributed by atoms with Crippen molar-refractivity contribution in [3.05, 3.63) is 42.0 Å². The first-order valence-electron chi connectivity index (χ1n) is 6.35. The molecule has 1 heterocycles. The monoisotopic (exact) mass is 340 g/mol. The van der Waals surface area contributed by atoms with Crippen LogP contribution in [0.1, 0.15) is 25.0 Å². The molecule has 4 heteroatoms. The van der Waals surface area contributed by atoms with Crippen LogP contribution < -0.4 is 21.5 Å². The Bertz CT molecular complexity index is 561. The van der Waals surface area contributed by atoms with Gasteiger partial charge in [0.2, 0.25) is 6.33 Å². The molecule has 0 aliphatic carbocycles. The third kappa shape index (κ3) is 3.86. The maximum absolute atomic E-state index is 4.62. The molecular weight excluding hydrogens is 320 g/mol. The minimum atomic E-state index is 0. The van der Waals surface area contributed by atoms with E-state index in [1.165, 1.54) is 11.1 Å². The van der Waals surface area contributed by atoms with Gasteiger partial charge in [-0.1, -0.05) is 19.9 Å². The number of aromatic nitrogens is 2. The lowest BCUT2D eigenvalue weighted by molar-refractivity contribution is -0.701. The van der Waals surface area contributed by atoms with Crippen LogP contribution in [0.15, 0.2) is 35.7 Å². The minimum Gasteiger partial charge on any atom is -1.00 e. The summed E-state index contributed by atoms with van der Waals surface area (Å²) in [7, 11) is 0. The number of thiol groups is 1. The van der Waals surface area contributed by atoms with E-state index in [9.17, 15) is 0 Å². The van der Waals surface area contributed by atoms with E-state index < -0.39 is 0 Å². The van der Waals surface area contributed by atoms with E-state index >= 15 is 0 Å². The van der Waals surface area contributed by atoms with E-state index in [-0.39, 0.29) is 17.0 Å². The standard InChI is InChI=1S/C15H20N2S.BrH/c1-11(2)9-16-5-6-17(10-16)14-8-12(3)7-13(4)15(14)18;/h5-8,10-11H,9H2,1-4H3;1H. The molecule has 0 amide bonds. The molecule has 2 aromatic rings. The summed E-state index contributed by atoms with van der Waals surface area (Å²) in [6.45, 7) is 9.72. The number of hydrogen-bond donors (Lipinski definition) is 1. The van der Waals surface area contributed by atoms with Crippen molar-refractivity contribution < 1.29 is 21.5 Å². The number of nitrogens with zero attached hydrogens (tertiary/aromatic N) is 2. The van der Waals surface area contributed by atoms with E-state index in [4.69, 9.17) is 0 Å². The van der Waals surface area contributed by atoms with Crippen LogP contribution in [0.4, 0.5) is 0 Å². The average Bonchev–Trinajstić information content (AvgIpc) is 2.70. The molecule has 2 rings (SSSR count). The summed E-state index contributed by atoms with van der Waals surface area (Å²) in [5.41, 5.74) is 3.64. The average molecular weight is 341 g/mol. The molecule has 0 saturated heterocycles. The summed E-state index contributed by atoms with van der Waals surface area (Å²) < 4.78 is 4.36. The van der Waals surface area contributed by atoms with E-state index in [1.807, 2.05) is 0 Å². The van der Waals surface area contributed by atoms with Crippen LogP contribution in [0.3, 0.4) is 0 Å². The summed E-state index contributed by atoms with van der Waals surface area (Å²) >= 11 is 4.62. The molecule has 0 aliphatic heterocycles. The fraction of sp³-hybridized carbons (Fsp3) is 0.400. The molecule has 1 aromatic carbocycles. The number of benzene rings is 1. The Labute approximate surface area is 131 Å². The Morgan fingerprint density at radius 2 is 1.95 bits per heavy atom. The summed E-state index contributed by atoms with van der Waals surface area (Å²) in [6, 6.07) is 4.34. The zero-order chi connectivity index (χ0) is 13.3. The lowest BCUT2D eigenvalue weighted by Crippen LogP contribution is -3.00. The number of halogens is 1. The third-order valence-corrected chi connectivity index (χ3v) is 3.55. The summed E-state index contributed by atoms with van der Waals surface area (Å²) in [5.74, 6) is 0.653. The highest BCUT2D eigenvalue weighted by atomic mass is 79.9. The normalized spacial score (nSPS) is 10.6. The number of hydrogen-bond acceptors (Lipinski definition) is 1. The Hall–Kier alpha value is -0.740. The van der Waals surface area contributed by atoms with Gasteiger partial charge < -0.3 is 17.0 Å². The van der Waals surface area contributed by atoms with Crippen LogP contribution >= 0.6 is 12.6 Å². The Balaban J connectivity index is 0.00000180. The fourth-order valence-corrected chi connectivity index (χ4v) is 2.45. The molecule has 0 aliphatic rings. The lowest BCUT2D eigenvalue weighted by atomic mass is 10.1. The van der Waals surface area contributed by atoms with Crippen molar-refractivity contribution >= 4 is 12.6 Å². The molecule has 0 bridgehead atoms. The minimum absolute atomic E-state index is 0. The van der Waals surface area contributed by atoms with Gasteiger partial charge in [-0.2, -0.15) is 0 Å². The predicted molar refractivity (Wildman–Crippen MR) is 77.5 cm³/mol. The van der Waals surface area contributed by atoms with Crippen LogP contribution in [0.5, 0.6) is 0 Å². The Morgan fingerprint density at radius 1 is 1.26 bits per heavy atom. The van der Waals surface area contributed by atoms with Crippen LogP contribution in [-0.2, 0) is 6.54 Å². The van der Waals surface area contributed by atoms with Gasteiger partial charge in [-0.3, -0.25) is 0 Å². The maximum Gasteiger partial charge on any atom is 0.249 e. The molecule has 0 fully saturated rings. The molecule has 0 spiro atoms. The molecule has 0 unspecified atom stereocenters. The van der Waals surface area contributed by atoms with Crippen LogP contribution in [0, 0.1) is 19.8 Å². The van der Waals surface area contributed by atoms with E-state index in [1.54, 1.807) is 0 Å². The molecule has 2 nitrogen and oxygen atoms in total. The first-order chi connectivity index (χ1) is 8.47.